The van der Waals surface area contributed by atoms with Crippen molar-refractivity contribution < 1.29 is 9.53 Å². The summed E-state index contributed by atoms with van der Waals surface area (Å²) in [5.41, 5.74) is 0.435. The molecule has 2 aromatic heterocycles. The number of anilines is 1. The molecule has 5 nitrogen and oxygen atoms in total. The quantitative estimate of drug-likeness (QED) is 0.694. The molecule has 0 radical (unpaired) electrons. The van der Waals surface area contributed by atoms with Crippen LogP contribution in [0.15, 0.2) is 5.38 Å². The van der Waals surface area contributed by atoms with E-state index in [9.17, 15) is 4.79 Å². The number of nitrogens with zero attached hydrogens (tertiary/aromatic N) is 2. The van der Waals surface area contributed by atoms with Gasteiger partial charge in [-0.2, -0.15) is 0 Å². The van der Waals surface area contributed by atoms with Crippen LogP contribution in [-0.4, -0.2) is 28.6 Å². The lowest BCUT2D eigenvalue weighted by atomic mass is 10.2. The molecule has 100 valence electrons. The van der Waals surface area contributed by atoms with Crippen LogP contribution in [0.5, 0.6) is 0 Å². The van der Waals surface area contributed by atoms with E-state index in [4.69, 9.17) is 16.3 Å². The minimum Gasteiger partial charge on any atom is -0.462 e. The number of halogens is 1. The Morgan fingerprint density at radius 2 is 2.37 bits per heavy atom. The monoisotopic (exact) mass is 297 g/mol. The van der Waals surface area contributed by atoms with Crippen LogP contribution in [-0.2, 0) is 4.74 Å². The van der Waals surface area contributed by atoms with Gasteiger partial charge in [-0.3, -0.25) is 0 Å². The van der Waals surface area contributed by atoms with Gasteiger partial charge in [-0.1, -0.05) is 11.6 Å². The van der Waals surface area contributed by atoms with Crippen LogP contribution in [0.25, 0.3) is 10.2 Å². The van der Waals surface area contributed by atoms with E-state index in [1.54, 1.807) is 12.3 Å². The molecule has 1 aliphatic rings. The van der Waals surface area contributed by atoms with Crippen molar-refractivity contribution in [3.05, 3.63) is 16.1 Å². The third-order valence-corrected chi connectivity index (χ3v) is 3.94. The summed E-state index contributed by atoms with van der Waals surface area (Å²) in [4.78, 5) is 21.1. The Hall–Kier alpha value is -1.40. The van der Waals surface area contributed by atoms with Gasteiger partial charge in [0.05, 0.1) is 17.6 Å². The van der Waals surface area contributed by atoms with Crippen LogP contribution < -0.4 is 5.32 Å². The highest BCUT2D eigenvalue weighted by molar-refractivity contribution is 7.17. The van der Waals surface area contributed by atoms with Crippen LogP contribution in [0.1, 0.15) is 30.1 Å². The SMILES string of the molecule is CCOC(=O)c1csc2nc(NC3CC3)nc(Cl)c12. The molecular weight excluding hydrogens is 286 g/mol. The number of aromatic nitrogens is 2. The molecule has 0 aromatic carbocycles. The van der Waals surface area contributed by atoms with Crippen molar-refractivity contribution in [2.75, 3.05) is 11.9 Å². The van der Waals surface area contributed by atoms with Gasteiger partial charge in [-0.15, -0.1) is 11.3 Å². The van der Waals surface area contributed by atoms with Crippen molar-refractivity contribution in [1.82, 2.24) is 9.97 Å². The molecule has 0 atom stereocenters. The van der Waals surface area contributed by atoms with Gasteiger partial charge >= 0.3 is 5.97 Å². The number of thiophene rings is 1. The zero-order valence-corrected chi connectivity index (χ0v) is 11.8. The molecule has 1 aliphatic carbocycles. The van der Waals surface area contributed by atoms with Gasteiger partial charge in [0.1, 0.15) is 9.98 Å². The average molecular weight is 298 g/mol. The molecule has 0 aliphatic heterocycles. The number of esters is 1. The number of ether oxygens (including phenoxy) is 1. The molecule has 0 bridgehead atoms. The summed E-state index contributed by atoms with van der Waals surface area (Å²) in [5, 5.41) is 5.77. The second-order valence-corrected chi connectivity index (χ2v) is 5.52. The Labute approximate surface area is 119 Å². The zero-order valence-electron chi connectivity index (χ0n) is 10.3. The smallest absolute Gasteiger partial charge is 0.339 e. The summed E-state index contributed by atoms with van der Waals surface area (Å²) in [6.07, 6.45) is 2.27. The van der Waals surface area contributed by atoms with Crippen LogP contribution in [0.4, 0.5) is 5.95 Å². The van der Waals surface area contributed by atoms with Crippen LogP contribution in [0.3, 0.4) is 0 Å². The largest absolute Gasteiger partial charge is 0.462 e. The Morgan fingerprint density at radius 3 is 3.05 bits per heavy atom. The van der Waals surface area contributed by atoms with E-state index in [1.165, 1.54) is 11.3 Å². The molecule has 0 spiro atoms. The molecule has 1 N–H and O–H groups in total. The maximum atomic E-state index is 11.8. The number of fused-ring (bicyclic) bond motifs is 1. The van der Waals surface area contributed by atoms with E-state index in [1.807, 2.05) is 0 Å². The topological polar surface area (TPSA) is 64.1 Å². The number of rotatable bonds is 4. The van der Waals surface area contributed by atoms with Crippen molar-refractivity contribution in [2.24, 2.45) is 0 Å². The van der Waals surface area contributed by atoms with E-state index >= 15 is 0 Å². The highest BCUT2D eigenvalue weighted by Gasteiger charge is 2.24. The summed E-state index contributed by atoms with van der Waals surface area (Å²) in [6.45, 7) is 2.10. The number of hydrogen-bond acceptors (Lipinski definition) is 6. The van der Waals surface area contributed by atoms with Gasteiger partial charge < -0.3 is 10.1 Å². The van der Waals surface area contributed by atoms with Crippen molar-refractivity contribution in [1.29, 1.82) is 0 Å². The molecule has 2 heterocycles. The van der Waals surface area contributed by atoms with E-state index in [0.717, 1.165) is 12.8 Å². The first-order chi connectivity index (χ1) is 9.19. The minimum atomic E-state index is -0.387. The van der Waals surface area contributed by atoms with Crippen molar-refractivity contribution in [2.45, 2.75) is 25.8 Å². The van der Waals surface area contributed by atoms with Gasteiger partial charge in [-0.25, -0.2) is 14.8 Å². The average Bonchev–Trinajstić information content (AvgIpc) is 3.06. The molecule has 2 aromatic rings. The standard InChI is InChI=1S/C12H12ClN3O2S/c1-2-18-11(17)7-5-19-10-8(7)9(13)15-12(16-10)14-6-3-4-6/h5-6H,2-4H2,1H3,(H,14,15,16). The lowest BCUT2D eigenvalue weighted by Crippen LogP contribution is -2.07. The fourth-order valence-corrected chi connectivity index (χ4v) is 2.97. The second-order valence-electron chi connectivity index (χ2n) is 4.31. The number of nitrogens with one attached hydrogen (secondary N) is 1. The highest BCUT2D eigenvalue weighted by Crippen LogP contribution is 2.32. The van der Waals surface area contributed by atoms with Crippen molar-refractivity contribution in [3.63, 3.8) is 0 Å². The molecule has 1 saturated carbocycles. The first-order valence-electron chi connectivity index (χ1n) is 6.07. The summed E-state index contributed by atoms with van der Waals surface area (Å²) in [7, 11) is 0. The number of hydrogen-bond donors (Lipinski definition) is 1. The van der Waals surface area contributed by atoms with Crippen molar-refractivity contribution >= 4 is 45.1 Å². The molecule has 19 heavy (non-hydrogen) atoms. The van der Waals surface area contributed by atoms with E-state index in [2.05, 4.69) is 15.3 Å². The van der Waals surface area contributed by atoms with Gasteiger partial charge in [0.2, 0.25) is 5.95 Å². The highest BCUT2D eigenvalue weighted by atomic mass is 35.5. The molecule has 3 rings (SSSR count). The molecule has 0 saturated heterocycles. The summed E-state index contributed by atoms with van der Waals surface area (Å²) < 4.78 is 4.99. The molecule has 7 heteroatoms. The second kappa shape index (κ2) is 4.94. The summed E-state index contributed by atoms with van der Waals surface area (Å²) in [5.74, 6) is 0.138. The first kappa shape index (κ1) is 12.6. The zero-order chi connectivity index (χ0) is 13.4. The van der Waals surface area contributed by atoms with E-state index in [0.29, 0.717) is 34.4 Å². The third-order valence-electron chi connectivity index (χ3n) is 2.80. The van der Waals surface area contributed by atoms with Crippen LogP contribution in [0.2, 0.25) is 5.15 Å². The van der Waals surface area contributed by atoms with Gasteiger partial charge in [-0.05, 0) is 19.8 Å². The molecular formula is C12H12ClN3O2S. The van der Waals surface area contributed by atoms with Crippen LogP contribution in [0, 0.1) is 0 Å². The van der Waals surface area contributed by atoms with Gasteiger partial charge in [0, 0.05) is 11.4 Å². The van der Waals surface area contributed by atoms with Crippen LogP contribution >= 0.6 is 22.9 Å². The normalized spacial score (nSPS) is 14.6. The van der Waals surface area contributed by atoms with E-state index < -0.39 is 0 Å². The third kappa shape index (κ3) is 2.50. The van der Waals surface area contributed by atoms with Gasteiger partial charge in [0.15, 0.2) is 0 Å². The number of carbonyl (C=O) groups is 1. The summed E-state index contributed by atoms with van der Waals surface area (Å²) in [6, 6.07) is 0.456. The number of carbonyl (C=O) groups excluding carboxylic acids is 1. The lowest BCUT2D eigenvalue weighted by molar-refractivity contribution is 0.0529. The lowest BCUT2D eigenvalue weighted by Gasteiger charge is -2.04. The Kier molecular flexibility index (Phi) is 3.28. The predicted octanol–water partition coefficient (Wildman–Crippen LogP) is 3.10. The van der Waals surface area contributed by atoms with Crippen molar-refractivity contribution in [3.8, 4) is 0 Å². The minimum absolute atomic E-state index is 0.289. The fourth-order valence-electron chi connectivity index (χ4n) is 1.73. The Morgan fingerprint density at radius 1 is 1.58 bits per heavy atom. The first-order valence-corrected chi connectivity index (χ1v) is 7.33. The predicted molar refractivity (Wildman–Crippen MR) is 75.0 cm³/mol. The molecule has 0 unspecified atom stereocenters. The van der Waals surface area contributed by atoms with Gasteiger partial charge in [0.25, 0.3) is 0 Å². The maximum absolute atomic E-state index is 11.8. The fraction of sp³-hybridized carbons (Fsp3) is 0.417. The maximum Gasteiger partial charge on any atom is 0.339 e. The summed E-state index contributed by atoms with van der Waals surface area (Å²) >= 11 is 7.53. The Bertz CT molecular complexity index is 639. The molecule has 0 amide bonds. The Balaban J connectivity index is 2.00. The molecule has 1 fully saturated rings. The van der Waals surface area contributed by atoms with E-state index in [-0.39, 0.29) is 11.1 Å².